The lowest BCUT2D eigenvalue weighted by Crippen LogP contribution is -2.50. The van der Waals surface area contributed by atoms with Crippen LogP contribution in [0.25, 0.3) is 0 Å². The number of rotatable bonds is 5. The normalized spacial score (nSPS) is 30.4. The summed E-state index contributed by atoms with van der Waals surface area (Å²) in [6.07, 6.45) is 3.29. The SMILES string of the molecule is CC(C)CC1NC2(CC2)C(=O)N1C(C)CN1CCOCC1. The van der Waals surface area contributed by atoms with Crippen molar-refractivity contribution in [2.45, 2.75) is 57.8 Å². The number of ether oxygens (including phenoxy) is 1. The predicted molar refractivity (Wildman–Crippen MR) is 81.9 cm³/mol. The predicted octanol–water partition coefficient (Wildman–Crippen LogP) is 1.04. The fourth-order valence-corrected chi connectivity index (χ4v) is 3.69. The van der Waals surface area contributed by atoms with Crippen LogP contribution < -0.4 is 5.32 Å². The molecule has 1 N–H and O–H groups in total. The minimum Gasteiger partial charge on any atom is -0.379 e. The molecular weight excluding hydrogens is 266 g/mol. The molecule has 1 aliphatic carbocycles. The van der Waals surface area contributed by atoms with Crippen molar-refractivity contribution < 1.29 is 9.53 Å². The van der Waals surface area contributed by atoms with E-state index in [1.54, 1.807) is 0 Å². The third-order valence-electron chi connectivity index (χ3n) is 4.97. The van der Waals surface area contributed by atoms with Gasteiger partial charge in [0.2, 0.25) is 5.91 Å². The number of nitrogens with zero attached hydrogens (tertiary/aromatic N) is 2. The minimum atomic E-state index is -0.196. The van der Waals surface area contributed by atoms with Gasteiger partial charge in [0.25, 0.3) is 0 Å². The van der Waals surface area contributed by atoms with Crippen molar-refractivity contribution in [1.29, 1.82) is 0 Å². The highest BCUT2D eigenvalue weighted by Crippen LogP contribution is 2.43. The molecule has 1 amide bonds. The van der Waals surface area contributed by atoms with Crippen molar-refractivity contribution in [3.8, 4) is 0 Å². The maximum atomic E-state index is 12.8. The summed E-state index contributed by atoms with van der Waals surface area (Å²) in [4.78, 5) is 17.3. The molecule has 5 heteroatoms. The second-order valence-corrected chi connectivity index (χ2v) is 7.35. The number of carbonyl (C=O) groups excluding carboxylic acids is 1. The fourth-order valence-electron chi connectivity index (χ4n) is 3.69. The van der Waals surface area contributed by atoms with Gasteiger partial charge in [0.05, 0.1) is 24.9 Å². The van der Waals surface area contributed by atoms with Gasteiger partial charge < -0.3 is 9.64 Å². The second kappa shape index (κ2) is 5.86. The van der Waals surface area contributed by atoms with Crippen LogP contribution in [-0.4, -0.2) is 66.3 Å². The Kier molecular flexibility index (Phi) is 4.26. The molecule has 2 aliphatic heterocycles. The van der Waals surface area contributed by atoms with E-state index in [1.165, 1.54) is 0 Å². The number of amides is 1. The Morgan fingerprint density at radius 3 is 2.52 bits per heavy atom. The summed E-state index contributed by atoms with van der Waals surface area (Å²) in [6.45, 7) is 11.2. The molecule has 120 valence electrons. The molecule has 0 aromatic heterocycles. The van der Waals surface area contributed by atoms with E-state index in [9.17, 15) is 4.79 Å². The van der Waals surface area contributed by atoms with Crippen LogP contribution >= 0.6 is 0 Å². The summed E-state index contributed by atoms with van der Waals surface area (Å²) in [5.74, 6) is 0.941. The van der Waals surface area contributed by atoms with Crippen LogP contribution in [-0.2, 0) is 9.53 Å². The first-order valence-corrected chi connectivity index (χ1v) is 8.42. The standard InChI is InChI=1S/C16H29N3O2/c1-12(2)10-14-17-16(4-5-16)15(20)19(14)13(3)11-18-6-8-21-9-7-18/h12-14,17H,4-11H2,1-3H3. The molecule has 3 rings (SSSR count). The Morgan fingerprint density at radius 1 is 1.29 bits per heavy atom. The molecule has 1 saturated carbocycles. The highest BCUT2D eigenvalue weighted by molar-refractivity contribution is 5.92. The Morgan fingerprint density at radius 2 is 1.95 bits per heavy atom. The summed E-state index contributed by atoms with van der Waals surface area (Å²) in [5.41, 5.74) is -0.196. The number of carbonyl (C=O) groups is 1. The first-order chi connectivity index (χ1) is 10.0. The highest BCUT2D eigenvalue weighted by atomic mass is 16.5. The van der Waals surface area contributed by atoms with Crippen LogP contribution in [0.4, 0.5) is 0 Å². The Bertz CT molecular complexity index is 389. The molecule has 2 saturated heterocycles. The smallest absolute Gasteiger partial charge is 0.244 e. The Labute approximate surface area is 128 Å². The molecule has 0 aromatic carbocycles. The van der Waals surface area contributed by atoms with E-state index in [1.807, 2.05) is 0 Å². The lowest BCUT2D eigenvalue weighted by atomic mass is 10.1. The lowest BCUT2D eigenvalue weighted by molar-refractivity contribution is -0.133. The van der Waals surface area contributed by atoms with Gasteiger partial charge in [0.15, 0.2) is 0 Å². The quantitative estimate of drug-likeness (QED) is 0.823. The van der Waals surface area contributed by atoms with Crippen molar-refractivity contribution in [2.75, 3.05) is 32.8 Å². The summed E-state index contributed by atoms with van der Waals surface area (Å²) in [5, 5.41) is 3.62. The maximum Gasteiger partial charge on any atom is 0.244 e. The first kappa shape index (κ1) is 15.3. The van der Waals surface area contributed by atoms with Crippen LogP contribution in [0.2, 0.25) is 0 Å². The molecule has 2 atom stereocenters. The van der Waals surface area contributed by atoms with Gasteiger partial charge in [-0.15, -0.1) is 0 Å². The zero-order valence-electron chi connectivity index (χ0n) is 13.6. The van der Waals surface area contributed by atoms with Crippen LogP contribution in [0.1, 0.15) is 40.0 Å². The van der Waals surface area contributed by atoms with Crippen molar-refractivity contribution in [3.63, 3.8) is 0 Å². The zero-order chi connectivity index (χ0) is 15.0. The summed E-state index contributed by atoms with van der Waals surface area (Å²) >= 11 is 0. The van der Waals surface area contributed by atoms with Gasteiger partial charge >= 0.3 is 0 Å². The molecule has 0 aromatic rings. The monoisotopic (exact) mass is 295 g/mol. The van der Waals surface area contributed by atoms with Gasteiger partial charge in [-0.05, 0) is 32.1 Å². The van der Waals surface area contributed by atoms with Crippen LogP contribution in [0.3, 0.4) is 0 Å². The topological polar surface area (TPSA) is 44.8 Å². The fraction of sp³-hybridized carbons (Fsp3) is 0.938. The largest absolute Gasteiger partial charge is 0.379 e. The number of hydrogen-bond acceptors (Lipinski definition) is 4. The van der Waals surface area contributed by atoms with Gasteiger partial charge in [-0.25, -0.2) is 0 Å². The van der Waals surface area contributed by atoms with Crippen molar-refractivity contribution >= 4 is 5.91 Å². The van der Waals surface area contributed by atoms with Gasteiger partial charge in [-0.3, -0.25) is 15.0 Å². The van der Waals surface area contributed by atoms with Gasteiger partial charge in [0.1, 0.15) is 0 Å². The Hall–Kier alpha value is -0.650. The number of hydrogen-bond donors (Lipinski definition) is 1. The van der Waals surface area contributed by atoms with Gasteiger partial charge in [-0.1, -0.05) is 13.8 Å². The molecule has 2 heterocycles. The second-order valence-electron chi connectivity index (χ2n) is 7.35. The molecule has 21 heavy (non-hydrogen) atoms. The van der Waals surface area contributed by atoms with Crippen LogP contribution in [0.15, 0.2) is 0 Å². The zero-order valence-corrected chi connectivity index (χ0v) is 13.6. The molecule has 3 aliphatic rings. The lowest BCUT2D eigenvalue weighted by Gasteiger charge is -2.36. The van der Waals surface area contributed by atoms with Gasteiger partial charge in [0, 0.05) is 25.7 Å². The minimum absolute atomic E-state index is 0.196. The molecule has 3 fully saturated rings. The molecule has 1 spiro atoms. The van der Waals surface area contributed by atoms with Gasteiger partial charge in [-0.2, -0.15) is 0 Å². The summed E-state index contributed by atoms with van der Waals surface area (Å²) in [7, 11) is 0. The third-order valence-corrected chi connectivity index (χ3v) is 4.97. The average Bonchev–Trinajstić information content (AvgIpc) is 3.14. The molecule has 5 nitrogen and oxygen atoms in total. The van der Waals surface area contributed by atoms with E-state index < -0.39 is 0 Å². The van der Waals surface area contributed by atoms with Crippen molar-refractivity contribution in [2.24, 2.45) is 5.92 Å². The van der Waals surface area contributed by atoms with E-state index in [0.717, 1.165) is 52.1 Å². The third kappa shape index (κ3) is 3.10. The summed E-state index contributed by atoms with van der Waals surface area (Å²) < 4.78 is 5.41. The van der Waals surface area contributed by atoms with E-state index >= 15 is 0 Å². The molecule has 0 bridgehead atoms. The first-order valence-electron chi connectivity index (χ1n) is 8.42. The van der Waals surface area contributed by atoms with Crippen molar-refractivity contribution in [3.05, 3.63) is 0 Å². The number of nitrogens with one attached hydrogen (secondary N) is 1. The maximum absolute atomic E-state index is 12.8. The van der Waals surface area contributed by atoms with E-state index in [0.29, 0.717) is 11.8 Å². The molecule has 0 radical (unpaired) electrons. The van der Waals surface area contributed by atoms with E-state index in [4.69, 9.17) is 4.74 Å². The molecule has 2 unspecified atom stereocenters. The van der Waals surface area contributed by atoms with E-state index in [2.05, 4.69) is 35.9 Å². The average molecular weight is 295 g/mol. The van der Waals surface area contributed by atoms with Crippen LogP contribution in [0.5, 0.6) is 0 Å². The van der Waals surface area contributed by atoms with Crippen molar-refractivity contribution in [1.82, 2.24) is 15.1 Å². The Balaban J connectivity index is 1.66. The molecular formula is C16H29N3O2. The summed E-state index contributed by atoms with van der Waals surface area (Å²) in [6, 6.07) is 0.270. The van der Waals surface area contributed by atoms with E-state index in [-0.39, 0.29) is 17.7 Å². The highest BCUT2D eigenvalue weighted by Gasteiger charge is 2.59. The number of morpholine rings is 1. The van der Waals surface area contributed by atoms with Crippen LogP contribution in [0, 0.1) is 5.92 Å².